The predicted molar refractivity (Wildman–Crippen MR) is 110 cm³/mol. The van der Waals surface area contributed by atoms with Crippen LogP contribution in [0.25, 0.3) is 0 Å². The van der Waals surface area contributed by atoms with E-state index in [-0.39, 0.29) is 0 Å². The molecule has 0 saturated carbocycles. The molecular formula is C21H44O2Si. The molecule has 0 saturated heterocycles. The lowest BCUT2D eigenvalue weighted by Crippen LogP contribution is -2.31. The average molecular weight is 357 g/mol. The number of rotatable bonds is 17. The lowest BCUT2D eigenvalue weighted by molar-refractivity contribution is 0.226. The Kier molecular flexibility index (Phi) is 16.3. The van der Waals surface area contributed by atoms with Gasteiger partial charge in [-0.3, -0.25) is 0 Å². The second-order valence-electron chi connectivity index (χ2n) is 8.03. The molecule has 0 radical (unpaired) electrons. The zero-order chi connectivity index (χ0) is 18.1. The van der Waals surface area contributed by atoms with E-state index in [0.717, 1.165) is 6.42 Å². The number of unbranched alkanes of at least 4 members (excludes halogenated alkanes) is 10. The average Bonchev–Trinajstić information content (AvgIpc) is 2.51. The van der Waals surface area contributed by atoms with Gasteiger partial charge >= 0.3 is 0 Å². The molecule has 144 valence electrons. The van der Waals surface area contributed by atoms with Gasteiger partial charge in [-0.25, -0.2) is 0 Å². The van der Waals surface area contributed by atoms with E-state index >= 15 is 0 Å². The fraction of sp³-hybridized carbons (Fsp3) is 0.905. The lowest BCUT2D eigenvalue weighted by atomic mass is 10.1. The van der Waals surface area contributed by atoms with Gasteiger partial charge < -0.3 is 9.53 Å². The Morgan fingerprint density at radius 1 is 0.833 bits per heavy atom. The fourth-order valence-electron chi connectivity index (χ4n) is 2.93. The van der Waals surface area contributed by atoms with Crippen molar-refractivity contribution in [3.8, 4) is 0 Å². The summed E-state index contributed by atoms with van der Waals surface area (Å²) in [5.74, 6) is 0. The van der Waals surface area contributed by atoms with E-state index in [1.165, 1.54) is 77.0 Å². The van der Waals surface area contributed by atoms with Gasteiger partial charge in [0.05, 0.1) is 6.10 Å². The maximum atomic E-state index is 8.76. The van der Waals surface area contributed by atoms with E-state index in [1.807, 2.05) is 0 Å². The second kappa shape index (κ2) is 16.4. The summed E-state index contributed by atoms with van der Waals surface area (Å²) in [5.41, 5.74) is 0. The van der Waals surface area contributed by atoms with E-state index in [2.05, 4.69) is 38.7 Å². The van der Waals surface area contributed by atoms with Crippen molar-refractivity contribution < 1.29 is 9.53 Å². The molecule has 0 aliphatic carbocycles. The molecule has 1 unspecified atom stereocenters. The fourth-order valence-corrected chi connectivity index (χ4v) is 4.03. The van der Waals surface area contributed by atoms with E-state index in [0.29, 0.717) is 12.7 Å². The van der Waals surface area contributed by atoms with Crippen LogP contribution in [0.4, 0.5) is 0 Å². The smallest absolute Gasteiger partial charge is 0.184 e. The summed E-state index contributed by atoms with van der Waals surface area (Å²) in [5, 5.41) is 8.76. The SMILES string of the molecule is CCCCCCCC(/C=C/CCCCCCCCO)O[Si](C)(C)C. The maximum Gasteiger partial charge on any atom is 0.184 e. The van der Waals surface area contributed by atoms with Crippen LogP contribution in [-0.4, -0.2) is 26.1 Å². The van der Waals surface area contributed by atoms with Crippen molar-refractivity contribution in [3.05, 3.63) is 12.2 Å². The van der Waals surface area contributed by atoms with Crippen LogP contribution < -0.4 is 0 Å². The van der Waals surface area contributed by atoms with E-state index in [1.54, 1.807) is 0 Å². The molecule has 1 N–H and O–H groups in total. The topological polar surface area (TPSA) is 29.5 Å². The van der Waals surface area contributed by atoms with Crippen molar-refractivity contribution in [1.82, 2.24) is 0 Å². The zero-order valence-electron chi connectivity index (χ0n) is 17.0. The summed E-state index contributed by atoms with van der Waals surface area (Å²) in [6.45, 7) is 9.48. The minimum absolute atomic E-state index is 0.336. The third-order valence-electron chi connectivity index (χ3n) is 4.23. The minimum Gasteiger partial charge on any atom is -0.411 e. The van der Waals surface area contributed by atoms with Gasteiger partial charge in [-0.1, -0.05) is 76.9 Å². The zero-order valence-corrected chi connectivity index (χ0v) is 18.0. The van der Waals surface area contributed by atoms with Gasteiger partial charge in [0, 0.05) is 6.61 Å². The summed E-state index contributed by atoms with van der Waals surface area (Å²) in [6.07, 6.45) is 21.4. The van der Waals surface area contributed by atoms with Crippen LogP contribution >= 0.6 is 0 Å². The highest BCUT2D eigenvalue weighted by atomic mass is 28.4. The van der Waals surface area contributed by atoms with Crippen LogP contribution in [0.1, 0.15) is 90.4 Å². The first-order valence-electron chi connectivity index (χ1n) is 10.4. The maximum absolute atomic E-state index is 8.76. The molecule has 0 aromatic heterocycles. The first-order chi connectivity index (χ1) is 11.5. The van der Waals surface area contributed by atoms with Crippen LogP contribution in [0.3, 0.4) is 0 Å². The Balaban J connectivity index is 3.88. The minimum atomic E-state index is -1.46. The van der Waals surface area contributed by atoms with Crippen LogP contribution in [-0.2, 0) is 4.43 Å². The normalized spacial score (nSPS) is 13.7. The molecule has 0 rings (SSSR count). The predicted octanol–water partition coefficient (Wildman–Crippen LogP) is 6.85. The van der Waals surface area contributed by atoms with Crippen molar-refractivity contribution in [3.63, 3.8) is 0 Å². The van der Waals surface area contributed by atoms with Crippen molar-refractivity contribution in [1.29, 1.82) is 0 Å². The lowest BCUT2D eigenvalue weighted by Gasteiger charge is -2.24. The molecule has 0 fully saturated rings. The number of hydrogen-bond acceptors (Lipinski definition) is 2. The molecule has 0 spiro atoms. The van der Waals surface area contributed by atoms with Crippen LogP contribution in [0.2, 0.25) is 19.6 Å². The largest absolute Gasteiger partial charge is 0.411 e. The van der Waals surface area contributed by atoms with Gasteiger partial charge in [0.15, 0.2) is 8.32 Å². The quantitative estimate of drug-likeness (QED) is 0.175. The number of hydrogen-bond donors (Lipinski definition) is 1. The first-order valence-corrected chi connectivity index (χ1v) is 13.9. The monoisotopic (exact) mass is 356 g/mol. The highest BCUT2D eigenvalue weighted by Crippen LogP contribution is 2.16. The van der Waals surface area contributed by atoms with Crippen molar-refractivity contribution in [2.24, 2.45) is 0 Å². The summed E-state index contributed by atoms with van der Waals surface area (Å²) in [4.78, 5) is 0. The molecule has 0 aromatic carbocycles. The Hall–Kier alpha value is -0.123. The molecule has 0 heterocycles. The van der Waals surface area contributed by atoms with Crippen molar-refractivity contribution in [2.75, 3.05) is 6.61 Å². The van der Waals surface area contributed by atoms with Gasteiger partial charge in [-0.05, 0) is 45.3 Å². The molecule has 0 aliphatic rings. The van der Waals surface area contributed by atoms with Crippen LogP contribution in [0, 0.1) is 0 Å². The molecular weight excluding hydrogens is 312 g/mol. The van der Waals surface area contributed by atoms with Gasteiger partial charge in [-0.2, -0.15) is 0 Å². The standard InChI is InChI=1S/C21H44O2Si/c1-5-6-7-12-15-18-21(23-24(2,3)4)19-16-13-10-8-9-11-14-17-20-22/h16,19,21-22H,5-15,17-18,20H2,1-4H3/b19-16+. The Labute approximate surface area is 153 Å². The second-order valence-corrected chi connectivity index (χ2v) is 12.5. The third-order valence-corrected chi connectivity index (χ3v) is 5.24. The van der Waals surface area contributed by atoms with Gasteiger partial charge in [0.1, 0.15) is 0 Å². The Morgan fingerprint density at radius 3 is 2.04 bits per heavy atom. The Morgan fingerprint density at radius 2 is 1.42 bits per heavy atom. The number of allylic oxidation sites excluding steroid dienone is 1. The van der Waals surface area contributed by atoms with Crippen molar-refractivity contribution in [2.45, 2.75) is 116 Å². The van der Waals surface area contributed by atoms with E-state index in [9.17, 15) is 0 Å². The number of aliphatic hydroxyl groups excluding tert-OH is 1. The summed E-state index contributed by atoms with van der Waals surface area (Å²) < 4.78 is 6.34. The summed E-state index contributed by atoms with van der Waals surface area (Å²) in [6, 6.07) is 0. The third kappa shape index (κ3) is 18.2. The molecule has 24 heavy (non-hydrogen) atoms. The van der Waals surface area contributed by atoms with E-state index < -0.39 is 8.32 Å². The van der Waals surface area contributed by atoms with E-state index in [4.69, 9.17) is 9.53 Å². The highest BCUT2D eigenvalue weighted by Gasteiger charge is 2.19. The molecule has 0 bridgehead atoms. The molecule has 3 heteroatoms. The molecule has 0 aromatic rings. The Bertz CT molecular complexity index is 284. The molecule has 0 amide bonds. The van der Waals surface area contributed by atoms with Gasteiger partial charge in [0.25, 0.3) is 0 Å². The highest BCUT2D eigenvalue weighted by molar-refractivity contribution is 6.69. The van der Waals surface area contributed by atoms with Gasteiger partial charge in [-0.15, -0.1) is 0 Å². The summed E-state index contributed by atoms with van der Waals surface area (Å²) >= 11 is 0. The summed E-state index contributed by atoms with van der Waals surface area (Å²) in [7, 11) is -1.46. The molecule has 0 aliphatic heterocycles. The molecule has 1 atom stereocenters. The van der Waals surface area contributed by atoms with Crippen molar-refractivity contribution >= 4 is 8.32 Å². The number of aliphatic hydroxyl groups is 1. The first kappa shape index (κ1) is 23.9. The van der Waals surface area contributed by atoms with Gasteiger partial charge in [0.2, 0.25) is 0 Å². The van der Waals surface area contributed by atoms with Crippen LogP contribution in [0.5, 0.6) is 0 Å². The molecule has 2 nitrogen and oxygen atoms in total. The van der Waals surface area contributed by atoms with Crippen LogP contribution in [0.15, 0.2) is 12.2 Å².